The Labute approximate surface area is 319 Å². The molecule has 0 saturated heterocycles. The van der Waals surface area contributed by atoms with Crippen LogP contribution >= 0.6 is 0 Å². The molecule has 0 fully saturated rings. The predicted molar refractivity (Wildman–Crippen MR) is 195 cm³/mol. The Morgan fingerprint density at radius 2 is 1.44 bits per heavy atom. The SMILES string of the molecule is CCC[C@H](N)C(=O)N[C@](CC)(C(=O)OCc1ccccc1)C(=O)[C@@H](CO)[C@@H](O)[C@@H](O)[C@](N)(O)C(=O)N[C@@H](CC(=O)OCOC(=O)C(C)(C)C)c1ccccc1. The van der Waals surface area contributed by atoms with E-state index in [0.29, 0.717) is 17.5 Å². The Bertz CT molecular complexity index is 1600. The van der Waals surface area contributed by atoms with Crippen molar-refractivity contribution in [3.05, 3.63) is 71.8 Å². The van der Waals surface area contributed by atoms with E-state index in [1.165, 1.54) is 19.1 Å². The van der Waals surface area contributed by atoms with E-state index < -0.39 is 109 Å². The van der Waals surface area contributed by atoms with Gasteiger partial charge in [-0.2, -0.15) is 0 Å². The maximum atomic E-state index is 14.2. The van der Waals surface area contributed by atoms with Crippen LogP contribution in [0.1, 0.15) is 77.5 Å². The molecule has 55 heavy (non-hydrogen) atoms. The topological polar surface area (TPSA) is 287 Å². The van der Waals surface area contributed by atoms with Gasteiger partial charge in [0.25, 0.3) is 5.91 Å². The van der Waals surface area contributed by atoms with Gasteiger partial charge in [-0.3, -0.25) is 29.7 Å². The number of ether oxygens (including phenoxy) is 3. The quantitative estimate of drug-likeness (QED) is 0.0471. The average molecular weight is 775 g/mol. The van der Waals surface area contributed by atoms with Gasteiger partial charge in [-0.05, 0) is 44.7 Å². The predicted octanol–water partition coefficient (Wildman–Crippen LogP) is 0.00650. The van der Waals surface area contributed by atoms with Crippen LogP contribution in [0.25, 0.3) is 0 Å². The summed E-state index contributed by atoms with van der Waals surface area (Å²) in [6.07, 6.45) is -5.67. The van der Waals surface area contributed by atoms with Crippen molar-refractivity contribution in [3.8, 4) is 0 Å². The van der Waals surface area contributed by atoms with Crippen molar-refractivity contribution < 1.29 is 63.4 Å². The summed E-state index contributed by atoms with van der Waals surface area (Å²) in [7, 11) is 0. The molecule has 0 aliphatic carbocycles. The highest BCUT2D eigenvalue weighted by Gasteiger charge is 2.55. The molecule has 0 radical (unpaired) electrons. The summed E-state index contributed by atoms with van der Waals surface area (Å²) >= 11 is 0. The maximum Gasteiger partial charge on any atom is 0.340 e. The highest BCUT2D eigenvalue weighted by Crippen LogP contribution is 2.27. The first-order chi connectivity index (χ1) is 25.8. The van der Waals surface area contributed by atoms with E-state index in [2.05, 4.69) is 10.6 Å². The van der Waals surface area contributed by atoms with E-state index in [0.717, 1.165) is 0 Å². The Morgan fingerprint density at radius 1 is 0.855 bits per heavy atom. The molecule has 0 heterocycles. The normalized spacial score (nSPS) is 16.4. The van der Waals surface area contributed by atoms with Gasteiger partial charge in [-0.25, -0.2) is 4.79 Å². The van der Waals surface area contributed by atoms with E-state index >= 15 is 0 Å². The van der Waals surface area contributed by atoms with Crippen molar-refractivity contribution in [2.24, 2.45) is 22.8 Å². The maximum absolute atomic E-state index is 14.2. The molecule has 0 saturated carbocycles. The zero-order valence-corrected chi connectivity index (χ0v) is 31.7. The minimum absolute atomic E-state index is 0.172. The lowest BCUT2D eigenvalue weighted by Crippen LogP contribution is -2.69. The Hall–Kier alpha value is -4.78. The number of hydrogen-bond acceptors (Lipinski definition) is 15. The van der Waals surface area contributed by atoms with E-state index in [1.807, 2.05) is 0 Å². The van der Waals surface area contributed by atoms with Crippen molar-refractivity contribution in [3.63, 3.8) is 0 Å². The third kappa shape index (κ3) is 12.6. The number of benzene rings is 2. The number of nitrogens with one attached hydrogen (secondary N) is 2. The molecule has 0 spiro atoms. The number of ketones is 1. The molecule has 7 atom stereocenters. The molecule has 0 bridgehead atoms. The number of aliphatic hydroxyl groups is 4. The van der Waals surface area contributed by atoms with Crippen LogP contribution in [0, 0.1) is 11.3 Å². The van der Waals surface area contributed by atoms with Crippen molar-refractivity contribution in [1.82, 2.24) is 10.6 Å². The molecule has 0 unspecified atom stereocenters. The molecule has 2 aromatic carbocycles. The Morgan fingerprint density at radius 3 is 1.96 bits per heavy atom. The van der Waals surface area contributed by atoms with E-state index in [1.54, 1.807) is 76.2 Å². The molecule has 2 aromatic rings. The fourth-order valence-electron chi connectivity index (χ4n) is 5.29. The minimum atomic E-state index is -3.40. The molecule has 17 nitrogen and oxygen atoms in total. The van der Waals surface area contributed by atoms with Gasteiger partial charge in [0, 0.05) is 0 Å². The summed E-state index contributed by atoms with van der Waals surface area (Å²) in [5, 5.41) is 48.5. The van der Waals surface area contributed by atoms with Gasteiger partial charge in [0.2, 0.25) is 18.4 Å². The number of esters is 3. The molecule has 2 amide bonds. The third-order valence-electron chi connectivity index (χ3n) is 8.77. The van der Waals surface area contributed by atoms with Crippen molar-refractivity contribution >= 4 is 35.5 Å². The van der Waals surface area contributed by atoms with Crippen LogP contribution in [0.15, 0.2) is 60.7 Å². The van der Waals surface area contributed by atoms with Gasteiger partial charge in [0.05, 0.1) is 42.5 Å². The van der Waals surface area contributed by atoms with E-state index in [9.17, 15) is 49.2 Å². The van der Waals surface area contributed by atoms with E-state index in [4.69, 9.17) is 25.7 Å². The van der Waals surface area contributed by atoms with E-state index in [-0.39, 0.29) is 13.0 Å². The lowest BCUT2D eigenvalue weighted by atomic mass is 9.78. The fraction of sp³-hybridized carbons (Fsp3) is 0.526. The van der Waals surface area contributed by atoms with Crippen molar-refractivity contribution in [1.29, 1.82) is 0 Å². The van der Waals surface area contributed by atoms with Crippen LogP contribution in [0.2, 0.25) is 0 Å². The standard InChI is InChI=1S/C38H54N4O13/c1-6-14-26(39)32(48)42-37(7-2,35(51)53-21-23-15-10-8-11-16-23)30(46)25(20-43)29(45)31(47)38(40,52)33(49)41-27(24-17-12-9-13-18-24)19-28(44)54-22-55-34(50)36(3,4)5/h8-13,15-18,25-27,29,31,43,45,47,52H,6-7,14,19-22,39-40H2,1-5H3,(H,41,49)(H,42,48)/t25-,26-,27-,29+,31+,37-,38-/m0/s1. The largest absolute Gasteiger partial charge is 0.459 e. The average Bonchev–Trinajstić information content (AvgIpc) is 3.15. The smallest absolute Gasteiger partial charge is 0.340 e. The number of amides is 2. The first kappa shape index (κ1) is 46.4. The summed E-state index contributed by atoms with van der Waals surface area (Å²) in [5.41, 5.74) is 5.83. The van der Waals surface area contributed by atoms with Crippen molar-refractivity contribution in [2.75, 3.05) is 13.4 Å². The lowest BCUT2D eigenvalue weighted by Gasteiger charge is -2.38. The molecular formula is C38H54N4O13. The highest BCUT2D eigenvalue weighted by molar-refractivity contribution is 6.12. The second kappa shape index (κ2) is 20.8. The molecule has 0 aliphatic rings. The monoisotopic (exact) mass is 774 g/mol. The van der Waals surface area contributed by atoms with Gasteiger partial charge < -0.3 is 51.0 Å². The number of Topliss-reactive ketones (excluding diaryl/α,β-unsaturated/α-hetero) is 1. The second-order valence-electron chi connectivity index (χ2n) is 14.1. The summed E-state index contributed by atoms with van der Waals surface area (Å²) in [6, 6.07) is 13.8. The van der Waals surface area contributed by atoms with Gasteiger partial charge in [0.15, 0.2) is 11.3 Å². The van der Waals surface area contributed by atoms with Crippen LogP contribution in [0.4, 0.5) is 0 Å². The number of aliphatic hydroxyl groups excluding tert-OH is 3. The molecule has 304 valence electrons. The van der Waals surface area contributed by atoms with Gasteiger partial charge in [0.1, 0.15) is 12.7 Å². The van der Waals surface area contributed by atoms with Crippen LogP contribution in [-0.2, 0) is 49.6 Å². The molecule has 10 N–H and O–H groups in total. The summed E-state index contributed by atoms with van der Waals surface area (Å²) in [5.74, 6) is -8.81. The van der Waals surface area contributed by atoms with Gasteiger partial charge in [-0.1, -0.05) is 80.9 Å². The zero-order valence-electron chi connectivity index (χ0n) is 31.7. The first-order valence-corrected chi connectivity index (χ1v) is 17.8. The summed E-state index contributed by atoms with van der Waals surface area (Å²) in [6.45, 7) is 5.57. The number of carbonyl (C=O) groups excluding carboxylic acids is 6. The zero-order chi connectivity index (χ0) is 41.6. The Balaban J connectivity index is 2.37. The van der Waals surface area contributed by atoms with Crippen LogP contribution in [-0.4, -0.2) is 98.8 Å². The molecule has 17 heteroatoms. The Kier molecular flexibility index (Phi) is 17.5. The number of rotatable bonds is 21. The lowest BCUT2D eigenvalue weighted by molar-refractivity contribution is -0.177. The minimum Gasteiger partial charge on any atom is -0.459 e. The first-order valence-electron chi connectivity index (χ1n) is 17.8. The molecule has 2 rings (SSSR count). The number of carbonyl (C=O) groups is 6. The highest BCUT2D eigenvalue weighted by atomic mass is 16.7. The second-order valence-corrected chi connectivity index (χ2v) is 14.1. The number of nitrogens with two attached hydrogens (primary N) is 2. The molecule has 0 aromatic heterocycles. The summed E-state index contributed by atoms with van der Waals surface area (Å²) in [4.78, 5) is 79.2. The van der Waals surface area contributed by atoms with Crippen LogP contribution < -0.4 is 22.1 Å². The van der Waals surface area contributed by atoms with Crippen molar-refractivity contribution in [2.45, 2.75) is 102 Å². The third-order valence-corrected chi connectivity index (χ3v) is 8.77. The van der Waals surface area contributed by atoms with Gasteiger partial charge >= 0.3 is 17.9 Å². The van der Waals surface area contributed by atoms with Crippen LogP contribution in [0.3, 0.4) is 0 Å². The molecule has 0 aliphatic heterocycles. The molecular weight excluding hydrogens is 720 g/mol. The number of hydrogen-bond donors (Lipinski definition) is 8. The fourth-order valence-corrected chi connectivity index (χ4v) is 5.29. The van der Waals surface area contributed by atoms with Gasteiger partial charge in [-0.15, -0.1) is 0 Å². The van der Waals surface area contributed by atoms with Crippen LogP contribution in [0.5, 0.6) is 0 Å². The summed E-state index contributed by atoms with van der Waals surface area (Å²) < 4.78 is 15.3.